The van der Waals surface area contributed by atoms with Crippen LogP contribution >= 0.6 is 0 Å². The average Bonchev–Trinajstić information content (AvgIpc) is 2.26. The van der Waals surface area contributed by atoms with Crippen LogP contribution in [0.1, 0.15) is 26.2 Å². The predicted molar refractivity (Wildman–Crippen MR) is 71.6 cm³/mol. The summed E-state index contributed by atoms with van der Waals surface area (Å²) in [6.45, 7) is 0.764. The van der Waals surface area contributed by atoms with Crippen molar-refractivity contribution in [3.8, 4) is 0 Å². The number of amides is 1. The van der Waals surface area contributed by atoms with E-state index in [1.54, 1.807) is 0 Å². The summed E-state index contributed by atoms with van der Waals surface area (Å²) in [6.07, 6.45) is 1.36. The number of anilines is 1. The third-order valence-corrected chi connectivity index (χ3v) is 6.25. The van der Waals surface area contributed by atoms with Crippen LogP contribution in [-0.2, 0) is 14.6 Å². The van der Waals surface area contributed by atoms with Crippen molar-refractivity contribution in [1.82, 2.24) is 0 Å². The molecule has 1 aromatic rings. The van der Waals surface area contributed by atoms with Gasteiger partial charge in [0.15, 0.2) is 9.84 Å². The van der Waals surface area contributed by atoms with E-state index in [4.69, 9.17) is 0 Å². The van der Waals surface area contributed by atoms with Crippen molar-refractivity contribution in [1.29, 1.82) is 0 Å². The van der Waals surface area contributed by atoms with Crippen LogP contribution < -0.4 is 5.32 Å². The van der Waals surface area contributed by atoms with E-state index in [1.165, 1.54) is 13.0 Å². The molecule has 2 rings (SSSR count). The van der Waals surface area contributed by atoms with Crippen molar-refractivity contribution in [2.24, 2.45) is 0 Å². The molecular formula is C13H16FNO4S. The maximum absolute atomic E-state index is 14.0. The Hall–Kier alpha value is -1.47. The normalized spacial score (nSPS) is 17.4. The van der Waals surface area contributed by atoms with Crippen LogP contribution in [0.3, 0.4) is 0 Å². The molecule has 7 heteroatoms. The molecule has 1 aliphatic carbocycles. The largest absolute Gasteiger partial charge is 0.395 e. The molecule has 1 saturated carbocycles. The number of sulfone groups is 1. The summed E-state index contributed by atoms with van der Waals surface area (Å²) in [6, 6.07) is 3.44. The molecule has 20 heavy (non-hydrogen) atoms. The number of aliphatic hydroxyl groups is 1. The van der Waals surface area contributed by atoms with Crippen LogP contribution in [0.5, 0.6) is 0 Å². The lowest BCUT2D eigenvalue weighted by molar-refractivity contribution is -0.114. The summed E-state index contributed by atoms with van der Waals surface area (Å²) in [5, 5.41) is 11.7. The summed E-state index contributed by atoms with van der Waals surface area (Å²) < 4.78 is 37.6. The molecule has 0 aliphatic heterocycles. The van der Waals surface area contributed by atoms with Crippen molar-refractivity contribution in [2.45, 2.75) is 35.8 Å². The number of hydrogen-bond acceptors (Lipinski definition) is 4. The Balaban J connectivity index is 2.40. The zero-order valence-corrected chi connectivity index (χ0v) is 11.8. The fraction of sp³-hybridized carbons (Fsp3) is 0.462. The highest BCUT2D eigenvalue weighted by atomic mass is 32.2. The van der Waals surface area contributed by atoms with Gasteiger partial charge in [0.1, 0.15) is 10.7 Å². The minimum atomic E-state index is -3.93. The third-order valence-electron chi connectivity index (χ3n) is 3.66. The molecule has 1 fully saturated rings. The second-order valence-electron chi connectivity index (χ2n) is 5.02. The van der Waals surface area contributed by atoms with Gasteiger partial charge in [-0.2, -0.15) is 0 Å². The molecule has 2 N–H and O–H groups in total. The summed E-state index contributed by atoms with van der Waals surface area (Å²) in [5.41, 5.74) is 0.195. The Morgan fingerprint density at radius 2 is 2.10 bits per heavy atom. The van der Waals surface area contributed by atoms with Crippen LogP contribution in [0.4, 0.5) is 10.1 Å². The van der Waals surface area contributed by atoms with Crippen LogP contribution in [0.25, 0.3) is 0 Å². The monoisotopic (exact) mass is 301 g/mol. The highest BCUT2D eigenvalue weighted by molar-refractivity contribution is 7.93. The fourth-order valence-corrected chi connectivity index (χ4v) is 4.34. The quantitative estimate of drug-likeness (QED) is 0.882. The van der Waals surface area contributed by atoms with Gasteiger partial charge < -0.3 is 10.4 Å². The molecule has 0 radical (unpaired) electrons. The second kappa shape index (κ2) is 5.14. The molecule has 0 spiro atoms. The van der Waals surface area contributed by atoms with E-state index >= 15 is 0 Å². The van der Waals surface area contributed by atoms with E-state index in [-0.39, 0.29) is 11.6 Å². The summed E-state index contributed by atoms with van der Waals surface area (Å²) in [7, 11) is -3.93. The van der Waals surface area contributed by atoms with E-state index < -0.39 is 31.9 Å². The molecular weight excluding hydrogens is 285 g/mol. The third kappa shape index (κ3) is 2.31. The highest BCUT2D eigenvalue weighted by Crippen LogP contribution is 2.43. The van der Waals surface area contributed by atoms with Crippen molar-refractivity contribution in [2.75, 3.05) is 11.9 Å². The van der Waals surface area contributed by atoms with Gasteiger partial charge in [0, 0.05) is 12.6 Å². The molecule has 0 atom stereocenters. The maximum Gasteiger partial charge on any atom is 0.221 e. The fourth-order valence-electron chi connectivity index (χ4n) is 2.32. The first-order chi connectivity index (χ1) is 9.32. The van der Waals surface area contributed by atoms with Gasteiger partial charge in [0.2, 0.25) is 5.91 Å². The second-order valence-corrected chi connectivity index (χ2v) is 7.34. The number of rotatable bonds is 4. The summed E-state index contributed by atoms with van der Waals surface area (Å²) in [4.78, 5) is 10.5. The Bertz CT molecular complexity index is 632. The average molecular weight is 301 g/mol. The Morgan fingerprint density at radius 3 is 2.50 bits per heavy atom. The summed E-state index contributed by atoms with van der Waals surface area (Å²) >= 11 is 0. The Kier molecular flexibility index (Phi) is 3.84. The van der Waals surface area contributed by atoms with Crippen molar-refractivity contribution < 1.29 is 22.7 Å². The van der Waals surface area contributed by atoms with E-state index in [0.717, 1.165) is 12.1 Å². The SMILES string of the molecule is CC(=O)Nc1ccc(S(=O)(=O)C2(CO)CCC2)c(F)c1. The lowest BCUT2D eigenvalue weighted by Crippen LogP contribution is -2.48. The lowest BCUT2D eigenvalue weighted by Gasteiger charge is -2.39. The molecule has 0 aromatic heterocycles. The minimum absolute atomic E-state index is 0.195. The zero-order valence-electron chi connectivity index (χ0n) is 11.0. The lowest BCUT2D eigenvalue weighted by atomic mass is 9.85. The van der Waals surface area contributed by atoms with E-state index in [0.29, 0.717) is 19.3 Å². The standard InChI is InChI=1S/C13H16FNO4S/c1-9(17)15-10-3-4-12(11(14)7-10)20(18,19)13(8-16)5-2-6-13/h3-4,7,16H,2,5-6,8H2,1H3,(H,15,17). The van der Waals surface area contributed by atoms with Gasteiger partial charge in [0.25, 0.3) is 0 Å². The van der Waals surface area contributed by atoms with Crippen LogP contribution in [-0.4, -0.2) is 30.8 Å². The predicted octanol–water partition coefficient (Wildman–Crippen LogP) is 1.47. The van der Waals surface area contributed by atoms with Gasteiger partial charge in [-0.1, -0.05) is 6.42 Å². The number of carbonyl (C=O) groups is 1. The van der Waals surface area contributed by atoms with E-state index in [1.807, 2.05) is 0 Å². The van der Waals surface area contributed by atoms with E-state index in [9.17, 15) is 22.7 Å². The number of nitrogens with one attached hydrogen (secondary N) is 1. The smallest absolute Gasteiger partial charge is 0.221 e. The van der Waals surface area contributed by atoms with Gasteiger partial charge >= 0.3 is 0 Å². The molecule has 0 saturated heterocycles. The molecule has 1 aromatic carbocycles. The maximum atomic E-state index is 14.0. The van der Waals surface area contributed by atoms with Crippen LogP contribution in [0, 0.1) is 5.82 Å². The Morgan fingerprint density at radius 1 is 1.45 bits per heavy atom. The van der Waals surface area contributed by atoms with Gasteiger partial charge in [-0.25, -0.2) is 12.8 Å². The first kappa shape index (κ1) is 14.9. The molecule has 1 aliphatic rings. The van der Waals surface area contributed by atoms with Crippen molar-refractivity contribution in [3.05, 3.63) is 24.0 Å². The van der Waals surface area contributed by atoms with Crippen LogP contribution in [0.15, 0.2) is 23.1 Å². The molecule has 5 nitrogen and oxygen atoms in total. The van der Waals surface area contributed by atoms with Gasteiger partial charge in [-0.3, -0.25) is 4.79 Å². The number of carbonyl (C=O) groups excluding carboxylic acids is 1. The van der Waals surface area contributed by atoms with E-state index in [2.05, 4.69) is 5.32 Å². The Labute approximate surface area is 116 Å². The number of aliphatic hydroxyl groups excluding tert-OH is 1. The molecule has 0 bridgehead atoms. The molecule has 0 heterocycles. The first-order valence-corrected chi connectivity index (χ1v) is 7.73. The number of halogens is 1. The number of hydrogen-bond donors (Lipinski definition) is 2. The molecule has 110 valence electrons. The van der Waals surface area contributed by atoms with Gasteiger partial charge in [-0.05, 0) is 31.0 Å². The molecule has 1 amide bonds. The summed E-state index contributed by atoms with van der Waals surface area (Å²) in [5.74, 6) is -1.29. The number of benzene rings is 1. The van der Waals surface area contributed by atoms with Crippen molar-refractivity contribution >= 4 is 21.4 Å². The van der Waals surface area contributed by atoms with Gasteiger partial charge in [0.05, 0.1) is 11.4 Å². The molecule has 0 unspecified atom stereocenters. The van der Waals surface area contributed by atoms with Gasteiger partial charge in [-0.15, -0.1) is 0 Å². The first-order valence-electron chi connectivity index (χ1n) is 6.25. The minimum Gasteiger partial charge on any atom is -0.395 e. The van der Waals surface area contributed by atoms with Crippen molar-refractivity contribution in [3.63, 3.8) is 0 Å². The zero-order chi connectivity index (χ0) is 15.0. The topological polar surface area (TPSA) is 83.5 Å². The highest BCUT2D eigenvalue weighted by Gasteiger charge is 2.50. The van der Waals surface area contributed by atoms with Crippen LogP contribution in [0.2, 0.25) is 0 Å².